The first-order valence-electron chi connectivity index (χ1n) is 5.81. The predicted octanol–water partition coefficient (Wildman–Crippen LogP) is 2.08. The summed E-state index contributed by atoms with van der Waals surface area (Å²) in [5, 5.41) is 2.67. The highest BCUT2D eigenvalue weighted by Gasteiger charge is 2.23. The molecule has 3 N–H and O–H groups in total. The van der Waals surface area contributed by atoms with Crippen LogP contribution in [0.3, 0.4) is 0 Å². The molecule has 2 unspecified atom stereocenters. The Balaban J connectivity index is 2.78. The van der Waals surface area contributed by atoms with Gasteiger partial charge in [0.15, 0.2) is 0 Å². The molecular weight excluding hydrogens is 296 g/mol. The molecule has 4 nitrogen and oxygen atoms in total. The summed E-state index contributed by atoms with van der Waals surface area (Å²) < 4.78 is 0.896. The van der Waals surface area contributed by atoms with Crippen LogP contribution < -0.4 is 11.1 Å². The fourth-order valence-corrected chi connectivity index (χ4v) is 1.82. The van der Waals surface area contributed by atoms with E-state index in [1.165, 1.54) is 0 Å². The van der Waals surface area contributed by atoms with Crippen molar-refractivity contribution in [1.29, 1.82) is 0 Å². The van der Waals surface area contributed by atoms with Crippen molar-refractivity contribution >= 4 is 27.7 Å². The van der Waals surface area contributed by atoms with E-state index in [0.29, 0.717) is 5.56 Å². The van der Waals surface area contributed by atoms with Crippen LogP contribution in [0.25, 0.3) is 0 Å². The van der Waals surface area contributed by atoms with Crippen molar-refractivity contribution < 1.29 is 9.59 Å². The van der Waals surface area contributed by atoms with Gasteiger partial charge in [-0.2, -0.15) is 0 Å². The van der Waals surface area contributed by atoms with Crippen molar-refractivity contribution in [3.05, 3.63) is 34.3 Å². The average molecular weight is 313 g/mol. The largest absolute Gasteiger partial charge is 0.368 e. The van der Waals surface area contributed by atoms with Gasteiger partial charge >= 0.3 is 0 Å². The minimum Gasteiger partial charge on any atom is -0.368 e. The Labute approximate surface area is 115 Å². The van der Waals surface area contributed by atoms with Crippen LogP contribution >= 0.6 is 15.9 Å². The second-order valence-electron chi connectivity index (χ2n) is 4.25. The molecule has 0 aromatic heterocycles. The first-order valence-corrected chi connectivity index (χ1v) is 6.60. The Morgan fingerprint density at radius 1 is 1.33 bits per heavy atom. The number of halogens is 1. The molecule has 0 saturated heterocycles. The normalized spacial score (nSPS) is 13.7. The SMILES string of the molecule is CCC(C)C(NC(=O)c1ccc(Br)cc1)C(N)=O. The van der Waals surface area contributed by atoms with Crippen LogP contribution in [-0.4, -0.2) is 17.9 Å². The molecule has 0 saturated carbocycles. The van der Waals surface area contributed by atoms with Crippen LogP contribution in [0.5, 0.6) is 0 Å². The van der Waals surface area contributed by atoms with Gasteiger partial charge in [0.1, 0.15) is 6.04 Å². The number of rotatable bonds is 5. The van der Waals surface area contributed by atoms with E-state index in [4.69, 9.17) is 5.73 Å². The number of carbonyl (C=O) groups excluding carboxylic acids is 2. The van der Waals surface area contributed by atoms with Gasteiger partial charge < -0.3 is 11.1 Å². The third kappa shape index (κ3) is 3.84. The van der Waals surface area contributed by atoms with Crippen molar-refractivity contribution in [2.24, 2.45) is 11.7 Å². The molecule has 2 amide bonds. The second-order valence-corrected chi connectivity index (χ2v) is 5.16. The number of benzene rings is 1. The van der Waals surface area contributed by atoms with Crippen LogP contribution in [0.4, 0.5) is 0 Å². The molecule has 2 atom stereocenters. The fraction of sp³-hybridized carbons (Fsp3) is 0.385. The number of amides is 2. The molecule has 1 aromatic carbocycles. The van der Waals surface area contributed by atoms with Crippen molar-refractivity contribution in [2.75, 3.05) is 0 Å². The van der Waals surface area contributed by atoms with Gasteiger partial charge in [-0.25, -0.2) is 0 Å². The molecule has 5 heteroatoms. The molecule has 0 bridgehead atoms. The highest BCUT2D eigenvalue weighted by atomic mass is 79.9. The molecule has 0 spiro atoms. The van der Waals surface area contributed by atoms with Gasteiger partial charge in [0, 0.05) is 10.0 Å². The van der Waals surface area contributed by atoms with Crippen molar-refractivity contribution in [2.45, 2.75) is 26.3 Å². The highest BCUT2D eigenvalue weighted by molar-refractivity contribution is 9.10. The standard InChI is InChI=1S/C13H17BrN2O2/c1-3-8(2)11(12(15)17)16-13(18)9-4-6-10(14)7-5-9/h4-8,11H,3H2,1-2H3,(H2,15,17)(H,16,18). The van der Waals surface area contributed by atoms with Crippen LogP contribution in [0.2, 0.25) is 0 Å². The van der Waals surface area contributed by atoms with Gasteiger partial charge in [0.2, 0.25) is 5.91 Å². The molecule has 0 fully saturated rings. The fourth-order valence-electron chi connectivity index (χ4n) is 1.56. The van der Waals surface area contributed by atoms with Crippen LogP contribution in [0.15, 0.2) is 28.7 Å². The summed E-state index contributed by atoms with van der Waals surface area (Å²) in [6.45, 7) is 3.84. The number of nitrogens with one attached hydrogen (secondary N) is 1. The van der Waals surface area contributed by atoms with Crippen LogP contribution in [0, 0.1) is 5.92 Å². The average Bonchev–Trinajstić information content (AvgIpc) is 2.35. The van der Waals surface area contributed by atoms with Crippen molar-refractivity contribution in [3.8, 4) is 0 Å². The second kappa shape index (κ2) is 6.54. The maximum absolute atomic E-state index is 12.0. The first kappa shape index (κ1) is 14.7. The van der Waals surface area contributed by atoms with E-state index in [1.54, 1.807) is 24.3 Å². The number of carbonyl (C=O) groups is 2. The molecule has 0 heterocycles. The van der Waals surface area contributed by atoms with Crippen molar-refractivity contribution in [1.82, 2.24) is 5.32 Å². The monoisotopic (exact) mass is 312 g/mol. The third-order valence-electron chi connectivity index (χ3n) is 2.91. The lowest BCUT2D eigenvalue weighted by Gasteiger charge is -2.21. The number of nitrogens with two attached hydrogens (primary N) is 1. The lowest BCUT2D eigenvalue weighted by Crippen LogP contribution is -2.48. The summed E-state index contributed by atoms with van der Waals surface area (Å²) in [5.74, 6) is -0.775. The van der Waals surface area contributed by atoms with Gasteiger partial charge in [0.25, 0.3) is 5.91 Å². The maximum Gasteiger partial charge on any atom is 0.251 e. The predicted molar refractivity (Wildman–Crippen MR) is 74.0 cm³/mol. The zero-order valence-electron chi connectivity index (χ0n) is 10.4. The van der Waals surface area contributed by atoms with Gasteiger partial charge in [-0.15, -0.1) is 0 Å². The Hall–Kier alpha value is -1.36. The molecule has 1 aromatic rings. The molecule has 0 aliphatic rings. The van der Waals surface area contributed by atoms with E-state index in [1.807, 2.05) is 13.8 Å². The molecule has 0 aliphatic heterocycles. The van der Waals surface area contributed by atoms with Crippen LogP contribution in [-0.2, 0) is 4.79 Å². The highest BCUT2D eigenvalue weighted by Crippen LogP contribution is 2.12. The molecule has 98 valence electrons. The third-order valence-corrected chi connectivity index (χ3v) is 3.44. The summed E-state index contributed by atoms with van der Waals surface area (Å²) in [6.07, 6.45) is 0.772. The summed E-state index contributed by atoms with van der Waals surface area (Å²) in [6, 6.07) is 6.29. The summed E-state index contributed by atoms with van der Waals surface area (Å²) in [7, 11) is 0. The van der Waals surface area contributed by atoms with Gasteiger partial charge in [0.05, 0.1) is 0 Å². The lowest BCUT2D eigenvalue weighted by molar-refractivity contribution is -0.120. The molecule has 18 heavy (non-hydrogen) atoms. The van der Waals surface area contributed by atoms with E-state index in [-0.39, 0.29) is 11.8 Å². The minimum atomic E-state index is -0.633. The Kier molecular flexibility index (Phi) is 5.34. The first-order chi connectivity index (χ1) is 8.45. The number of primary amides is 1. The zero-order valence-corrected chi connectivity index (χ0v) is 12.0. The van der Waals surface area contributed by atoms with E-state index in [9.17, 15) is 9.59 Å². The molecular formula is C13H17BrN2O2. The van der Waals surface area contributed by atoms with Crippen LogP contribution in [0.1, 0.15) is 30.6 Å². The number of hydrogen-bond donors (Lipinski definition) is 2. The van der Waals surface area contributed by atoms with E-state index < -0.39 is 11.9 Å². The van der Waals surface area contributed by atoms with Gasteiger partial charge in [-0.05, 0) is 30.2 Å². The number of hydrogen-bond acceptors (Lipinski definition) is 2. The lowest BCUT2D eigenvalue weighted by atomic mass is 9.98. The Bertz CT molecular complexity index is 431. The summed E-state index contributed by atoms with van der Waals surface area (Å²) >= 11 is 3.30. The summed E-state index contributed by atoms with van der Waals surface area (Å²) in [4.78, 5) is 23.3. The molecule has 1 rings (SSSR count). The van der Waals surface area contributed by atoms with Crippen molar-refractivity contribution in [3.63, 3.8) is 0 Å². The quantitative estimate of drug-likeness (QED) is 0.873. The van der Waals surface area contributed by atoms with Gasteiger partial charge in [-0.3, -0.25) is 9.59 Å². The Morgan fingerprint density at radius 3 is 2.33 bits per heavy atom. The topological polar surface area (TPSA) is 72.2 Å². The maximum atomic E-state index is 12.0. The molecule has 0 aliphatic carbocycles. The van der Waals surface area contributed by atoms with E-state index in [2.05, 4.69) is 21.2 Å². The van der Waals surface area contributed by atoms with E-state index in [0.717, 1.165) is 10.9 Å². The smallest absolute Gasteiger partial charge is 0.251 e. The minimum absolute atomic E-state index is 0.0156. The van der Waals surface area contributed by atoms with Gasteiger partial charge in [-0.1, -0.05) is 36.2 Å². The summed E-state index contributed by atoms with van der Waals surface area (Å²) in [5.41, 5.74) is 5.81. The Morgan fingerprint density at radius 2 is 1.89 bits per heavy atom. The zero-order chi connectivity index (χ0) is 13.7. The molecule has 0 radical (unpaired) electrons. The van der Waals surface area contributed by atoms with E-state index >= 15 is 0 Å².